The minimum Gasteiger partial charge on any atom is -0.508 e. The smallest absolute Gasteiger partial charge is 0.127 e. The molecule has 0 spiro atoms. The van der Waals surface area contributed by atoms with Crippen LogP contribution in [0, 0.1) is 18.7 Å². The number of aromatic hydroxyl groups is 1. The van der Waals surface area contributed by atoms with Gasteiger partial charge < -0.3 is 5.11 Å². The summed E-state index contributed by atoms with van der Waals surface area (Å²) >= 11 is 0. The fourth-order valence-corrected chi connectivity index (χ4v) is 2.53. The number of aryl methyl sites for hydroxylation is 1. The van der Waals surface area contributed by atoms with E-state index in [9.17, 15) is 9.50 Å². The highest BCUT2D eigenvalue weighted by molar-refractivity contribution is 5.90. The minimum atomic E-state index is -0.113. The molecule has 1 saturated carbocycles. The quantitative estimate of drug-likeness (QED) is 0.808. The van der Waals surface area contributed by atoms with Crippen molar-refractivity contribution < 1.29 is 9.50 Å². The van der Waals surface area contributed by atoms with Crippen molar-refractivity contribution >= 4 is 10.8 Å². The highest BCUT2D eigenvalue weighted by atomic mass is 19.1. The average Bonchev–Trinajstić information content (AvgIpc) is 3.19. The molecule has 102 valence electrons. The summed E-state index contributed by atoms with van der Waals surface area (Å²) in [6, 6.07) is 6.67. The Morgan fingerprint density at radius 3 is 2.53 bits per heavy atom. The van der Waals surface area contributed by atoms with Gasteiger partial charge in [0.2, 0.25) is 0 Å². The molecule has 0 aliphatic heterocycles. The van der Waals surface area contributed by atoms with Crippen LogP contribution < -0.4 is 0 Å². The molecule has 0 radical (unpaired) electrons. The third kappa shape index (κ3) is 2.89. The molecule has 2 aromatic rings. The Balaban J connectivity index is 0.000000637. The number of halogens is 1. The number of hydrogen-bond donors (Lipinski definition) is 1. The number of fused-ring (bicyclic) bond motifs is 1. The highest BCUT2D eigenvalue weighted by Crippen LogP contribution is 2.37. The minimum absolute atomic E-state index is 0.113. The fraction of sp³-hybridized carbons (Fsp3) is 0.412. The molecule has 1 aliphatic carbocycles. The normalized spacial score (nSPS) is 14.1. The molecule has 1 fully saturated rings. The molecule has 3 rings (SSSR count). The van der Waals surface area contributed by atoms with Gasteiger partial charge in [-0.2, -0.15) is 0 Å². The number of benzene rings is 2. The van der Waals surface area contributed by atoms with Crippen molar-refractivity contribution in [2.75, 3.05) is 0 Å². The Morgan fingerprint density at radius 2 is 1.89 bits per heavy atom. The second-order valence-electron chi connectivity index (χ2n) is 5.03. The molecule has 1 aliphatic rings. The standard InChI is InChI=1S/C15H15FO.C2H6/c1-9-6-12(17)8-11-4-5-14(16)13(15(9)11)7-10-2-3-10;1-2/h4-6,8,10,17H,2-3,7H2,1H3;1-2H3. The summed E-state index contributed by atoms with van der Waals surface area (Å²) in [4.78, 5) is 0. The van der Waals surface area contributed by atoms with Gasteiger partial charge in [-0.3, -0.25) is 0 Å². The van der Waals surface area contributed by atoms with E-state index in [0.717, 1.165) is 28.3 Å². The first-order chi connectivity index (χ1) is 9.15. The molecule has 0 atom stereocenters. The second-order valence-corrected chi connectivity index (χ2v) is 5.03. The van der Waals surface area contributed by atoms with Crippen molar-refractivity contribution in [3.05, 3.63) is 41.2 Å². The van der Waals surface area contributed by atoms with E-state index in [1.54, 1.807) is 18.2 Å². The molecule has 0 bridgehead atoms. The summed E-state index contributed by atoms with van der Waals surface area (Å²) in [5, 5.41) is 11.5. The summed E-state index contributed by atoms with van der Waals surface area (Å²) in [7, 11) is 0. The van der Waals surface area contributed by atoms with Gasteiger partial charge in [-0.15, -0.1) is 0 Å². The maximum atomic E-state index is 13.9. The zero-order valence-corrected chi connectivity index (χ0v) is 11.8. The molecule has 2 aromatic carbocycles. The first kappa shape index (κ1) is 13.9. The SMILES string of the molecule is CC.Cc1cc(O)cc2ccc(F)c(CC3CC3)c12. The zero-order valence-electron chi connectivity index (χ0n) is 11.8. The first-order valence-electron chi connectivity index (χ1n) is 7.06. The maximum absolute atomic E-state index is 13.9. The highest BCUT2D eigenvalue weighted by Gasteiger charge is 2.24. The van der Waals surface area contributed by atoms with Crippen LogP contribution in [0.1, 0.15) is 37.8 Å². The Morgan fingerprint density at radius 1 is 1.21 bits per heavy atom. The lowest BCUT2D eigenvalue weighted by atomic mass is 9.96. The van der Waals surface area contributed by atoms with Crippen LogP contribution >= 0.6 is 0 Å². The Labute approximate surface area is 114 Å². The van der Waals surface area contributed by atoms with E-state index in [1.165, 1.54) is 18.9 Å². The van der Waals surface area contributed by atoms with Crippen molar-refractivity contribution in [3.8, 4) is 5.75 Å². The second kappa shape index (κ2) is 5.60. The monoisotopic (exact) mass is 260 g/mol. The molecule has 0 amide bonds. The Bertz CT molecular complexity index is 585. The third-order valence-electron chi connectivity index (χ3n) is 3.54. The number of phenols is 1. The van der Waals surface area contributed by atoms with Crippen LogP contribution in [0.2, 0.25) is 0 Å². The van der Waals surface area contributed by atoms with Gasteiger partial charge in [0, 0.05) is 0 Å². The Hall–Kier alpha value is -1.57. The van der Waals surface area contributed by atoms with Gasteiger partial charge >= 0.3 is 0 Å². The predicted molar refractivity (Wildman–Crippen MR) is 78.1 cm³/mol. The van der Waals surface area contributed by atoms with Crippen LogP contribution in [0.3, 0.4) is 0 Å². The van der Waals surface area contributed by atoms with Crippen LogP contribution in [0.15, 0.2) is 24.3 Å². The third-order valence-corrected chi connectivity index (χ3v) is 3.54. The van der Waals surface area contributed by atoms with Gasteiger partial charge in [0.1, 0.15) is 11.6 Å². The van der Waals surface area contributed by atoms with Crippen LogP contribution in [-0.2, 0) is 6.42 Å². The zero-order chi connectivity index (χ0) is 14.0. The summed E-state index contributed by atoms with van der Waals surface area (Å²) in [6.07, 6.45) is 3.26. The fourth-order valence-electron chi connectivity index (χ4n) is 2.53. The van der Waals surface area contributed by atoms with E-state index < -0.39 is 0 Å². The van der Waals surface area contributed by atoms with Crippen molar-refractivity contribution in [1.29, 1.82) is 0 Å². The van der Waals surface area contributed by atoms with Gasteiger partial charge in [0.15, 0.2) is 0 Å². The van der Waals surface area contributed by atoms with Crippen molar-refractivity contribution in [2.24, 2.45) is 5.92 Å². The van der Waals surface area contributed by atoms with Crippen molar-refractivity contribution in [2.45, 2.75) is 40.0 Å². The molecule has 1 N–H and O–H groups in total. The van der Waals surface area contributed by atoms with Gasteiger partial charge in [0.05, 0.1) is 0 Å². The summed E-state index contributed by atoms with van der Waals surface area (Å²) in [5.74, 6) is 0.792. The lowest BCUT2D eigenvalue weighted by Gasteiger charge is -2.11. The van der Waals surface area contributed by atoms with Crippen LogP contribution in [0.25, 0.3) is 10.8 Å². The van der Waals surface area contributed by atoms with Crippen LogP contribution in [-0.4, -0.2) is 5.11 Å². The number of phenolic OH excluding ortho intramolecular Hbond substituents is 1. The van der Waals surface area contributed by atoms with E-state index in [1.807, 2.05) is 20.8 Å². The predicted octanol–water partition coefficient (Wildman–Crippen LogP) is 4.97. The molecule has 1 nitrogen and oxygen atoms in total. The summed E-state index contributed by atoms with van der Waals surface area (Å²) < 4.78 is 13.9. The lowest BCUT2D eigenvalue weighted by molar-refractivity contribution is 0.475. The number of hydrogen-bond acceptors (Lipinski definition) is 1. The summed E-state index contributed by atoms with van der Waals surface area (Å²) in [5.41, 5.74) is 1.78. The topological polar surface area (TPSA) is 20.2 Å². The van der Waals surface area contributed by atoms with E-state index in [2.05, 4.69) is 0 Å². The van der Waals surface area contributed by atoms with E-state index in [0.29, 0.717) is 5.92 Å². The van der Waals surface area contributed by atoms with E-state index >= 15 is 0 Å². The molecule has 0 heterocycles. The van der Waals surface area contributed by atoms with Crippen LogP contribution in [0.5, 0.6) is 5.75 Å². The molecular formula is C17H21FO. The van der Waals surface area contributed by atoms with Gasteiger partial charge in [-0.25, -0.2) is 4.39 Å². The van der Waals surface area contributed by atoms with Crippen molar-refractivity contribution in [3.63, 3.8) is 0 Å². The maximum Gasteiger partial charge on any atom is 0.127 e. The number of rotatable bonds is 2. The van der Waals surface area contributed by atoms with E-state index in [-0.39, 0.29) is 11.6 Å². The largest absolute Gasteiger partial charge is 0.508 e. The molecule has 2 heteroatoms. The Kier molecular flexibility index (Phi) is 4.08. The van der Waals surface area contributed by atoms with Crippen LogP contribution in [0.4, 0.5) is 4.39 Å². The first-order valence-corrected chi connectivity index (χ1v) is 7.06. The van der Waals surface area contributed by atoms with Crippen molar-refractivity contribution in [1.82, 2.24) is 0 Å². The molecular weight excluding hydrogens is 239 g/mol. The molecule has 0 unspecified atom stereocenters. The van der Waals surface area contributed by atoms with E-state index in [4.69, 9.17) is 0 Å². The van der Waals surface area contributed by atoms with Gasteiger partial charge in [-0.1, -0.05) is 19.9 Å². The van der Waals surface area contributed by atoms with Gasteiger partial charge in [-0.05, 0) is 72.2 Å². The summed E-state index contributed by atoms with van der Waals surface area (Å²) in [6.45, 7) is 5.93. The molecule has 0 aromatic heterocycles. The lowest BCUT2D eigenvalue weighted by Crippen LogP contribution is -1.96. The molecule has 19 heavy (non-hydrogen) atoms. The van der Waals surface area contributed by atoms with Gasteiger partial charge in [0.25, 0.3) is 0 Å². The average molecular weight is 260 g/mol. The molecule has 0 saturated heterocycles.